The first kappa shape index (κ1) is 25.5. The summed E-state index contributed by atoms with van der Waals surface area (Å²) in [6.07, 6.45) is 4.19. The smallest absolute Gasteiger partial charge is 0.339 e. The van der Waals surface area contributed by atoms with Gasteiger partial charge in [0.15, 0.2) is 16.4 Å². The van der Waals surface area contributed by atoms with E-state index in [0.29, 0.717) is 52.5 Å². The first-order chi connectivity index (χ1) is 18.2. The molecular formula is C27H25N3O7S. The third-order valence-electron chi connectivity index (χ3n) is 6.73. The van der Waals surface area contributed by atoms with E-state index in [1.54, 1.807) is 30.3 Å². The molecule has 0 saturated carbocycles. The number of benzene rings is 2. The maximum atomic E-state index is 13.3. The summed E-state index contributed by atoms with van der Waals surface area (Å²) >= 11 is 0. The Labute approximate surface area is 218 Å². The van der Waals surface area contributed by atoms with Crippen molar-refractivity contribution in [2.45, 2.75) is 31.7 Å². The second-order valence-electron chi connectivity index (χ2n) is 9.45. The Morgan fingerprint density at radius 3 is 2.74 bits per heavy atom. The molecule has 1 aliphatic heterocycles. The summed E-state index contributed by atoms with van der Waals surface area (Å²) in [7, 11) is -3.15. The van der Waals surface area contributed by atoms with Crippen LogP contribution in [0.5, 0.6) is 0 Å². The van der Waals surface area contributed by atoms with E-state index in [1.165, 1.54) is 12.1 Å². The first-order valence-corrected chi connectivity index (χ1v) is 14.1. The van der Waals surface area contributed by atoms with E-state index in [4.69, 9.17) is 9.72 Å². The average Bonchev–Trinajstić information content (AvgIpc) is 3.24. The van der Waals surface area contributed by atoms with Crippen molar-refractivity contribution in [3.05, 3.63) is 81.0 Å². The number of carbonyl (C=O) groups excluding carboxylic acids is 2. The lowest BCUT2D eigenvalue weighted by Gasteiger charge is -2.22. The topological polar surface area (TPSA) is 146 Å². The summed E-state index contributed by atoms with van der Waals surface area (Å²) in [5.41, 5.74) is 3.77. The van der Waals surface area contributed by atoms with Gasteiger partial charge in [-0.05, 0) is 54.5 Å². The van der Waals surface area contributed by atoms with Gasteiger partial charge in [0.05, 0.1) is 33.2 Å². The van der Waals surface area contributed by atoms with Crippen LogP contribution >= 0.6 is 0 Å². The minimum absolute atomic E-state index is 0.0143. The minimum atomic E-state index is -3.15. The molecule has 1 aromatic heterocycles. The Kier molecular flexibility index (Phi) is 6.94. The fourth-order valence-electron chi connectivity index (χ4n) is 5.02. The highest BCUT2D eigenvalue weighted by atomic mass is 32.2. The number of para-hydroxylation sites is 1. The molecule has 2 heterocycles. The van der Waals surface area contributed by atoms with Crippen LogP contribution in [0.15, 0.2) is 48.5 Å². The molecule has 5 rings (SSSR count). The third-order valence-corrected chi connectivity index (χ3v) is 8.50. The van der Waals surface area contributed by atoms with Crippen molar-refractivity contribution in [1.29, 1.82) is 0 Å². The van der Waals surface area contributed by atoms with Crippen LogP contribution in [0.3, 0.4) is 0 Å². The van der Waals surface area contributed by atoms with Gasteiger partial charge in [0.2, 0.25) is 0 Å². The molecule has 0 radical (unpaired) electrons. The van der Waals surface area contributed by atoms with Gasteiger partial charge in [-0.2, -0.15) is 0 Å². The van der Waals surface area contributed by atoms with Crippen LogP contribution in [-0.2, 0) is 25.8 Å². The summed E-state index contributed by atoms with van der Waals surface area (Å²) in [6, 6.07) is 13.0. The number of sulfone groups is 1. The Bertz CT molecular complexity index is 1600. The number of nitrogens with one attached hydrogen (secondary N) is 1. The molecule has 38 heavy (non-hydrogen) atoms. The molecule has 1 atom stereocenters. The number of pyridine rings is 1. The number of non-ortho nitro benzene ring substituents is 1. The highest BCUT2D eigenvalue weighted by molar-refractivity contribution is 7.91. The van der Waals surface area contributed by atoms with Gasteiger partial charge in [0.1, 0.15) is 0 Å². The fourth-order valence-corrected chi connectivity index (χ4v) is 6.69. The van der Waals surface area contributed by atoms with Gasteiger partial charge in [0, 0.05) is 23.6 Å². The minimum Gasteiger partial charge on any atom is -0.452 e. The van der Waals surface area contributed by atoms with Crippen LogP contribution in [0.25, 0.3) is 22.6 Å². The van der Waals surface area contributed by atoms with Crippen LogP contribution < -0.4 is 5.32 Å². The number of rotatable bonds is 6. The Morgan fingerprint density at radius 1 is 1.16 bits per heavy atom. The molecule has 1 fully saturated rings. The van der Waals surface area contributed by atoms with Crippen molar-refractivity contribution < 1.29 is 27.7 Å². The van der Waals surface area contributed by atoms with E-state index in [2.05, 4.69) is 5.32 Å². The summed E-state index contributed by atoms with van der Waals surface area (Å²) in [5, 5.41) is 14.4. The lowest BCUT2D eigenvalue weighted by molar-refractivity contribution is -0.384. The van der Waals surface area contributed by atoms with Crippen LogP contribution in [0.4, 0.5) is 5.69 Å². The first-order valence-electron chi connectivity index (χ1n) is 12.2. The van der Waals surface area contributed by atoms with Gasteiger partial charge in [-0.25, -0.2) is 18.2 Å². The molecule has 0 spiro atoms. The summed E-state index contributed by atoms with van der Waals surface area (Å²) in [5.74, 6) is -1.31. The second kappa shape index (κ2) is 10.3. The van der Waals surface area contributed by atoms with Crippen LogP contribution in [0.1, 0.15) is 46.4 Å². The summed E-state index contributed by atoms with van der Waals surface area (Å²) in [6.45, 7) is -0.531. The summed E-state index contributed by atoms with van der Waals surface area (Å²) in [4.78, 5) is 41.3. The molecule has 11 heteroatoms. The number of amides is 1. The Hall–Kier alpha value is -4.12. The number of nitro benzene ring substituents is 1. The number of nitro groups is 1. The number of hydrogen-bond acceptors (Lipinski definition) is 8. The lowest BCUT2D eigenvalue weighted by Crippen LogP contribution is -2.38. The van der Waals surface area contributed by atoms with Crippen LogP contribution in [-0.4, -0.2) is 54.4 Å². The maximum absolute atomic E-state index is 13.3. The molecule has 0 bridgehead atoms. The largest absolute Gasteiger partial charge is 0.452 e. The zero-order valence-corrected chi connectivity index (χ0v) is 21.2. The number of esters is 1. The SMILES string of the molecule is O=C(COC(=O)c1c2c(nc3ccccc13)C(=Cc1cccc([N+](=O)[O-])c1)CCC2)NC1CCS(=O)(=O)C1. The van der Waals surface area contributed by atoms with Crippen molar-refractivity contribution in [2.24, 2.45) is 0 Å². The average molecular weight is 536 g/mol. The molecule has 1 unspecified atom stereocenters. The normalized spacial score (nSPS) is 19.2. The van der Waals surface area contributed by atoms with Crippen LogP contribution in [0.2, 0.25) is 0 Å². The lowest BCUT2D eigenvalue weighted by atomic mass is 9.86. The van der Waals surface area contributed by atoms with Crippen LogP contribution in [0, 0.1) is 10.1 Å². The zero-order valence-electron chi connectivity index (χ0n) is 20.4. The van der Waals surface area contributed by atoms with E-state index in [1.807, 2.05) is 12.1 Å². The van der Waals surface area contributed by atoms with Crippen molar-refractivity contribution in [1.82, 2.24) is 10.3 Å². The highest BCUT2D eigenvalue weighted by Crippen LogP contribution is 2.36. The van der Waals surface area contributed by atoms with E-state index in [0.717, 1.165) is 12.0 Å². The summed E-state index contributed by atoms with van der Waals surface area (Å²) < 4.78 is 28.7. The number of fused-ring (bicyclic) bond motifs is 2. The molecule has 1 saturated heterocycles. The molecule has 2 aliphatic rings. The molecule has 196 valence electrons. The number of carbonyl (C=O) groups is 2. The van der Waals surface area contributed by atoms with Gasteiger partial charge in [-0.15, -0.1) is 0 Å². The number of aromatic nitrogens is 1. The number of hydrogen-bond donors (Lipinski definition) is 1. The molecule has 10 nitrogen and oxygen atoms in total. The maximum Gasteiger partial charge on any atom is 0.339 e. The van der Waals surface area contributed by atoms with E-state index >= 15 is 0 Å². The van der Waals surface area contributed by atoms with E-state index in [9.17, 15) is 28.1 Å². The Morgan fingerprint density at radius 2 is 1.97 bits per heavy atom. The fraction of sp³-hybridized carbons (Fsp3) is 0.296. The van der Waals surface area contributed by atoms with Gasteiger partial charge < -0.3 is 10.1 Å². The third kappa shape index (κ3) is 5.42. The Balaban J connectivity index is 1.45. The van der Waals surface area contributed by atoms with Crippen molar-refractivity contribution in [3.63, 3.8) is 0 Å². The molecule has 1 amide bonds. The molecule has 1 aliphatic carbocycles. The van der Waals surface area contributed by atoms with Gasteiger partial charge in [0.25, 0.3) is 11.6 Å². The molecule has 2 aromatic carbocycles. The zero-order chi connectivity index (χ0) is 26.9. The monoisotopic (exact) mass is 535 g/mol. The quantitative estimate of drug-likeness (QED) is 0.287. The molecular weight excluding hydrogens is 510 g/mol. The molecule has 1 N–H and O–H groups in total. The number of allylic oxidation sites excluding steroid dienone is 1. The van der Waals surface area contributed by atoms with Gasteiger partial charge in [-0.1, -0.05) is 30.3 Å². The highest BCUT2D eigenvalue weighted by Gasteiger charge is 2.30. The predicted molar refractivity (Wildman–Crippen MR) is 141 cm³/mol. The van der Waals surface area contributed by atoms with Crippen molar-refractivity contribution >= 4 is 50.0 Å². The second-order valence-corrected chi connectivity index (χ2v) is 11.7. The van der Waals surface area contributed by atoms with Gasteiger partial charge in [-0.3, -0.25) is 14.9 Å². The number of nitrogens with zero attached hydrogens (tertiary/aromatic N) is 2. The van der Waals surface area contributed by atoms with E-state index in [-0.39, 0.29) is 17.2 Å². The van der Waals surface area contributed by atoms with E-state index < -0.39 is 39.3 Å². The number of ether oxygens (including phenoxy) is 1. The van der Waals surface area contributed by atoms with Crippen molar-refractivity contribution in [2.75, 3.05) is 18.1 Å². The predicted octanol–water partition coefficient (Wildman–Crippen LogP) is 3.48. The standard InChI is InChI=1S/C27H25N3O7S/c31-24(28-19-11-12-38(35,36)16-19)15-37-27(32)25-21-8-1-2-10-23(21)29-26-18(6-4-9-22(25)26)13-17-5-3-7-20(14-17)30(33)34/h1-3,5,7-8,10,13-14,19H,4,6,9,11-12,15-16H2,(H,28,31). The molecule has 3 aromatic rings. The van der Waals surface area contributed by atoms with Crippen molar-refractivity contribution in [3.8, 4) is 0 Å². The van der Waals surface area contributed by atoms with Gasteiger partial charge >= 0.3 is 5.97 Å².